The van der Waals surface area contributed by atoms with Gasteiger partial charge in [-0.25, -0.2) is 4.79 Å². The van der Waals surface area contributed by atoms with Crippen LogP contribution >= 0.6 is 0 Å². The van der Waals surface area contributed by atoms with E-state index in [1.807, 2.05) is 4.90 Å². The maximum atomic E-state index is 13.3. The van der Waals surface area contributed by atoms with E-state index >= 15 is 0 Å². The smallest absolute Gasteiger partial charge is 0.317 e. The van der Waals surface area contributed by atoms with Crippen molar-refractivity contribution >= 4 is 11.9 Å². The van der Waals surface area contributed by atoms with Crippen LogP contribution in [-0.4, -0.2) is 66.2 Å². The Hall–Kier alpha value is -1.30. The van der Waals surface area contributed by atoms with Crippen LogP contribution < -0.4 is 5.32 Å². The number of carbonyl (C=O) groups excluding carboxylic acids is 2. The highest BCUT2D eigenvalue weighted by atomic mass is 16.5. The summed E-state index contributed by atoms with van der Waals surface area (Å²) in [6.45, 7) is 3.43. The standard InChI is InChI=1S/C20H33N3O3/c1-14-12-16(13-22(14)19(25)21-2)23(18(24)17-4-3-11-26-17)15-5-7-20(8-6-15)9-10-20/h14-17H,3-13H2,1-2H3,(H,21,25)/t14-,16?,17+/m1/s1. The molecule has 2 saturated heterocycles. The summed E-state index contributed by atoms with van der Waals surface area (Å²) in [6, 6.07) is 0.570. The number of nitrogens with zero attached hydrogens (tertiary/aromatic N) is 2. The summed E-state index contributed by atoms with van der Waals surface area (Å²) >= 11 is 0. The molecule has 146 valence electrons. The summed E-state index contributed by atoms with van der Waals surface area (Å²) in [5, 5.41) is 2.74. The Kier molecular flexibility index (Phi) is 4.88. The molecule has 26 heavy (non-hydrogen) atoms. The molecule has 2 saturated carbocycles. The molecule has 0 aromatic rings. The van der Waals surface area contributed by atoms with E-state index in [-0.39, 0.29) is 30.1 Å². The summed E-state index contributed by atoms with van der Waals surface area (Å²) in [4.78, 5) is 29.6. The first kappa shape index (κ1) is 18.1. The highest BCUT2D eigenvalue weighted by Crippen LogP contribution is 2.56. The fraction of sp³-hybridized carbons (Fsp3) is 0.900. The molecule has 2 aliphatic carbocycles. The number of carbonyl (C=O) groups is 2. The summed E-state index contributed by atoms with van der Waals surface area (Å²) in [5.74, 6) is 0.176. The molecule has 6 nitrogen and oxygen atoms in total. The molecule has 1 N–H and O–H groups in total. The first-order valence-electron chi connectivity index (χ1n) is 10.5. The number of urea groups is 1. The zero-order valence-electron chi connectivity index (χ0n) is 16.2. The summed E-state index contributed by atoms with van der Waals surface area (Å²) < 4.78 is 5.74. The highest BCUT2D eigenvalue weighted by molar-refractivity contribution is 5.82. The van der Waals surface area contributed by atoms with Gasteiger partial charge < -0.3 is 19.9 Å². The van der Waals surface area contributed by atoms with Gasteiger partial charge in [0.15, 0.2) is 0 Å². The highest BCUT2D eigenvalue weighted by Gasteiger charge is 2.49. The third kappa shape index (κ3) is 3.32. The van der Waals surface area contributed by atoms with Gasteiger partial charge in [-0.2, -0.15) is 0 Å². The Bertz CT molecular complexity index is 547. The van der Waals surface area contributed by atoms with E-state index in [4.69, 9.17) is 4.74 Å². The number of nitrogens with one attached hydrogen (secondary N) is 1. The summed E-state index contributed by atoms with van der Waals surface area (Å²) in [6.07, 6.45) is 9.92. The summed E-state index contributed by atoms with van der Waals surface area (Å²) in [7, 11) is 1.67. The van der Waals surface area contributed by atoms with Crippen LogP contribution in [0.15, 0.2) is 0 Å². The van der Waals surface area contributed by atoms with Crippen molar-refractivity contribution in [3.63, 3.8) is 0 Å². The van der Waals surface area contributed by atoms with E-state index in [1.165, 1.54) is 25.7 Å². The van der Waals surface area contributed by atoms with Crippen molar-refractivity contribution in [1.29, 1.82) is 0 Å². The second-order valence-corrected chi connectivity index (χ2v) is 8.92. The van der Waals surface area contributed by atoms with E-state index < -0.39 is 0 Å². The maximum absolute atomic E-state index is 13.3. The van der Waals surface area contributed by atoms with Gasteiger partial charge in [0.1, 0.15) is 6.10 Å². The van der Waals surface area contributed by atoms with Gasteiger partial charge in [0, 0.05) is 32.3 Å². The lowest BCUT2D eigenvalue weighted by Gasteiger charge is -2.41. The molecule has 6 heteroatoms. The predicted molar refractivity (Wildman–Crippen MR) is 98.8 cm³/mol. The molecule has 4 fully saturated rings. The van der Waals surface area contributed by atoms with E-state index in [9.17, 15) is 9.59 Å². The third-order valence-electron chi connectivity index (χ3n) is 7.25. The molecule has 1 unspecified atom stereocenters. The molecule has 3 amide bonds. The average molecular weight is 364 g/mol. The molecule has 3 atom stereocenters. The largest absolute Gasteiger partial charge is 0.368 e. The van der Waals surface area contributed by atoms with Crippen molar-refractivity contribution < 1.29 is 14.3 Å². The lowest BCUT2D eigenvalue weighted by atomic mass is 9.82. The quantitative estimate of drug-likeness (QED) is 0.838. The van der Waals surface area contributed by atoms with Crippen LogP contribution in [0.25, 0.3) is 0 Å². The second kappa shape index (κ2) is 7.02. The van der Waals surface area contributed by atoms with Crippen LogP contribution in [0.3, 0.4) is 0 Å². The number of hydrogen-bond donors (Lipinski definition) is 1. The molecular weight excluding hydrogens is 330 g/mol. The Morgan fingerprint density at radius 2 is 1.85 bits per heavy atom. The van der Waals surface area contributed by atoms with Crippen LogP contribution in [0.4, 0.5) is 4.79 Å². The van der Waals surface area contributed by atoms with E-state index in [2.05, 4.69) is 17.1 Å². The number of likely N-dealkylation sites (tertiary alicyclic amines) is 1. The maximum Gasteiger partial charge on any atom is 0.317 e. The van der Waals surface area contributed by atoms with Crippen molar-refractivity contribution in [2.75, 3.05) is 20.2 Å². The van der Waals surface area contributed by atoms with Gasteiger partial charge in [0.25, 0.3) is 5.91 Å². The minimum absolute atomic E-state index is 0.0370. The van der Waals surface area contributed by atoms with E-state index in [0.29, 0.717) is 24.6 Å². The van der Waals surface area contributed by atoms with Crippen LogP contribution in [-0.2, 0) is 9.53 Å². The SMILES string of the molecule is CNC(=O)N1CC(N(C(=O)[C@@H]2CCCO2)C2CCC3(CC2)CC3)C[C@H]1C. The molecule has 4 rings (SSSR count). The Morgan fingerprint density at radius 3 is 2.42 bits per heavy atom. The monoisotopic (exact) mass is 363 g/mol. The fourth-order valence-electron chi connectivity index (χ4n) is 5.40. The van der Waals surface area contributed by atoms with Gasteiger partial charge >= 0.3 is 6.03 Å². The van der Waals surface area contributed by atoms with Crippen LogP contribution in [0.1, 0.15) is 64.7 Å². The van der Waals surface area contributed by atoms with Gasteiger partial charge in [-0.15, -0.1) is 0 Å². The van der Waals surface area contributed by atoms with Crippen molar-refractivity contribution in [2.45, 2.75) is 88.9 Å². The van der Waals surface area contributed by atoms with E-state index in [1.54, 1.807) is 7.05 Å². The van der Waals surface area contributed by atoms with Gasteiger partial charge in [0.05, 0.1) is 6.04 Å². The van der Waals surface area contributed by atoms with Gasteiger partial charge in [-0.1, -0.05) is 0 Å². The second-order valence-electron chi connectivity index (χ2n) is 8.92. The van der Waals surface area contributed by atoms with Gasteiger partial charge in [-0.05, 0) is 70.1 Å². The van der Waals surface area contributed by atoms with Crippen LogP contribution in [0, 0.1) is 5.41 Å². The molecule has 0 aromatic heterocycles. The lowest BCUT2D eigenvalue weighted by Crippen LogP contribution is -2.53. The number of hydrogen-bond acceptors (Lipinski definition) is 3. The van der Waals surface area contributed by atoms with E-state index in [0.717, 1.165) is 32.1 Å². The Labute approximate surface area is 156 Å². The van der Waals surface area contributed by atoms with Gasteiger partial charge in [0.2, 0.25) is 0 Å². The predicted octanol–water partition coefficient (Wildman–Crippen LogP) is 2.52. The minimum Gasteiger partial charge on any atom is -0.368 e. The normalized spacial score (nSPS) is 33.5. The van der Waals surface area contributed by atoms with Gasteiger partial charge in [-0.3, -0.25) is 4.79 Å². The third-order valence-corrected chi connectivity index (χ3v) is 7.25. The number of rotatable bonds is 3. The molecule has 0 bridgehead atoms. The van der Waals surface area contributed by atoms with Crippen molar-refractivity contribution in [2.24, 2.45) is 5.41 Å². The first-order chi connectivity index (χ1) is 12.5. The molecule has 2 aliphatic heterocycles. The van der Waals surface area contributed by atoms with Crippen molar-refractivity contribution in [3.05, 3.63) is 0 Å². The molecule has 4 aliphatic rings. The number of ether oxygens (including phenoxy) is 1. The lowest BCUT2D eigenvalue weighted by molar-refractivity contribution is -0.147. The molecule has 1 spiro atoms. The fourth-order valence-corrected chi connectivity index (χ4v) is 5.40. The first-order valence-corrected chi connectivity index (χ1v) is 10.5. The molecule has 0 aromatic carbocycles. The van der Waals surface area contributed by atoms with Crippen LogP contribution in [0.2, 0.25) is 0 Å². The topological polar surface area (TPSA) is 61.9 Å². The number of amides is 3. The zero-order chi connectivity index (χ0) is 18.3. The molecular formula is C20H33N3O3. The van der Waals surface area contributed by atoms with Crippen molar-refractivity contribution in [3.8, 4) is 0 Å². The molecule has 2 heterocycles. The summed E-state index contributed by atoms with van der Waals surface area (Å²) in [5.41, 5.74) is 0.617. The molecule has 0 radical (unpaired) electrons. The average Bonchev–Trinajstić information content (AvgIpc) is 3.04. The minimum atomic E-state index is -0.267. The Morgan fingerprint density at radius 1 is 1.12 bits per heavy atom. The zero-order valence-corrected chi connectivity index (χ0v) is 16.2. The van der Waals surface area contributed by atoms with Crippen LogP contribution in [0.5, 0.6) is 0 Å². The Balaban J connectivity index is 1.50. The van der Waals surface area contributed by atoms with Crippen molar-refractivity contribution in [1.82, 2.24) is 15.1 Å².